The average Bonchev–Trinajstić information content (AvgIpc) is 2.54. The third kappa shape index (κ3) is 3.42. The lowest BCUT2D eigenvalue weighted by molar-refractivity contribution is -0.119. The molecular formula is C17H16FNO2S. The van der Waals surface area contributed by atoms with Gasteiger partial charge in [-0.3, -0.25) is 4.79 Å². The van der Waals surface area contributed by atoms with Crippen LogP contribution in [0.3, 0.4) is 0 Å². The normalized spacial score (nSPS) is 16.5. The standard InChI is InChI=1S/C17H16FNO2S/c18-13-6-2-4-8-16(13)22-11-17(20)19-14-9-10-21-15-7-3-1-5-12(14)15/h1-8,14H,9-11H2,(H,19,20). The maximum absolute atomic E-state index is 13.5. The van der Waals surface area contributed by atoms with Gasteiger partial charge in [0.25, 0.3) is 0 Å². The molecule has 0 spiro atoms. The van der Waals surface area contributed by atoms with Crippen molar-refractivity contribution in [2.45, 2.75) is 17.4 Å². The Kier molecular flexibility index (Phi) is 4.63. The van der Waals surface area contributed by atoms with Crippen molar-refractivity contribution in [1.29, 1.82) is 0 Å². The predicted molar refractivity (Wildman–Crippen MR) is 84.6 cm³/mol. The zero-order valence-electron chi connectivity index (χ0n) is 11.9. The molecule has 3 nitrogen and oxygen atoms in total. The van der Waals surface area contributed by atoms with Crippen LogP contribution < -0.4 is 10.1 Å². The third-order valence-corrected chi connectivity index (χ3v) is 4.54. The first-order valence-corrected chi connectivity index (χ1v) is 8.11. The summed E-state index contributed by atoms with van der Waals surface area (Å²) in [4.78, 5) is 12.6. The molecule has 2 aromatic rings. The molecule has 0 bridgehead atoms. The molecule has 3 rings (SSSR count). The van der Waals surface area contributed by atoms with Gasteiger partial charge in [-0.1, -0.05) is 30.3 Å². The van der Waals surface area contributed by atoms with Crippen LogP contribution in [0.4, 0.5) is 4.39 Å². The van der Waals surface area contributed by atoms with Crippen LogP contribution in [0.15, 0.2) is 53.4 Å². The Balaban J connectivity index is 1.60. The van der Waals surface area contributed by atoms with Gasteiger partial charge in [-0.15, -0.1) is 11.8 Å². The molecule has 1 unspecified atom stereocenters. The van der Waals surface area contributed by atoms with Gasteiger partial charge in [0, 0.05) is 16.9 Å². The summed E-state index contributed by atoms with van der Waals surface area (Å²) in [5.41, 5.74) is 0.998. The molecule has 0 aromatic heterocycles. The van der Waals surface area contributed by atoms with Crippen molar-refractivity contribution in [2.24, 2.45) is 0 Å². The molecule has 0 saturated carbocycles. The van der Waals surface area contributed by atoms with Crippen molar-refractivity contribution < 1.29 is 13.9 Å². The van der Waals surface area contributed by atoms with E-state index < -0.39 is 0 Å². The number of ether oxygens (including phenoxy) is 1. The summed E-state index contributed by atoms with van der Waals surface area (Å²) in [7, 11) is 0. The first-order chi connectivity index (χ1) is 10.7. The van der Waals surface area contributed by atoms with Crippen molar-refractivity contribution in [2.75, 3.05) is 12.4 Å². The molecule has 0 saturated heterocycles. The van der Waals surface area contributed by atoms with Crippen LogP contribution in [0.1, 0.15) is 18.0 Å². The SMILES string of the molecule is O=C(CSc1ccccc1F)NC1CCOc2ccccc21. The molecule has 0 aliphatic carbocycles. The van der Waals surface area contributed by atoms with Crippen LogP contribution in [-0.2, 0) is 4.79 Å². The molecule has 0 radical (unpaired) electrons. The number of hydrogen-bond acceptors (Lipinski definition) is 3. The molecule has 1 aliphatic rings. The smallest absolute Gasteiger partial charge is 0.230 e. The van der Waals surface area contributed by atoms with Gasteiger partial charge >= 0.3 is 0 Å². The number of para-hydroxylation sites is 1. The molecule has 1 aliphatic heterocycles. The van der Waals surface area contributed by atoms with E-state index in [2.05, 4.69) is 5.32 Å². The quantitative estimate of drug-likeness (QED) is 0.876. The second-order valence-corrected chi connectivity index (χ2v) is 6.03. The number of thioether (sulfide) groups is 1. The molecular weight excluding hydrogens is 301 g/mol. The second-order valence-electron chi connectivity index (χ2n) is 5.01. The number of halogens is 1. The van der Waals surface area contributed by atoms with E-state index in [-0.39, 0.29) is 23.5 Å². The lowest BCUT2D eigenvalue weighted by Crippen LogP contribution is -2.33. The lowest BCUT2D eigenvalue weighted by Gasteiger charge is -2.26. The van der Waals surface area contributed by atoms with E-state index in [9.17, 15) is 9.18 Å². The van der Waals surface area contributed by atoms with Crippen LogP contribution >= 0.6 is 11.8 Å². The number of carbonyl (C=O) groups is 1. The Morgan fingerprint density at radius 1 is 1.23 bits per heavy atom. The number of hydrogen-bond donors (Lipinski definition) is 1. The van der Waals surface area contributed by atoms with E-state index in [1.807, 2.05) is 24.3 Å². The Hall–Kier alpha value is -2.01. The topological polar surface area (TPSA) is 38.3 Å². The highest BCUT2D eigenvalue weighted by Gasteiger charge is 2.22. The van der Waals surface area contributed by atoms with Gasteiger partial charge in [0.05, 0.1) is 18.4 Å². The summed E-state index contributed by atoms with van der Waals surface area (Å²) >= 11 is 1.21. The van der Waals surface area contributed by atoms with Gasteiger partial charge in [-0.25, -0.2) is 4.39 Å². The maximum atomic E-state index is 13.5. The molecule has 1 atom stereocenters. The summed E-state index contributed by atoms with van der Waals surface area (Å²) in [5, 5.41) is 3.00. The minimum Gasteiger partial charge on any atom is -0.493 e. The highest BCUT2D eigenvalue weighted by Crippen LogP contribution is 2.31. The number of benzene rings is 2. The average molecular weight is 317 g/mol. The van der Waals surface area contributed by atoms with E-state index in [0.29, 0.717) is 11.5 Å². The van der Waals surface area contributed by atoms with Crippen LogP contribution in [0.25, 0.3) is 0 Å². The summed E-state index contributed by atoms with van der Waals surface area (Å²) in [6, 6.07) is 14.1. The maximum Gasteiger partial charge on any atom is 0.230 e. The van der Waals surface area contributed by atoms with Crippen LogP contribution in [0, 0.1) is 5.82 Å². The van der Waals surface area contributed by atoms with E-state index in [1.165, 1.54) is 17.8 Å². The highest BCUT2D eigenvalue weighted by molar-refractivity contribution is 8.00. The van der Waals surface area contributed by atoms with E-state index >= 15 is 0 Å². The van der Waals surface area contributed by atoms with Crippen molar-refractivity contribution >= 4 is 17.7 Å². The molecule has 5 heteroatoms. The minimum atomic E-state index is -0.295. The highest BCUT2D eigenvalue weighted by atomic mass is 32.2. The molecule has 1 amide bonds. The zero-order valence-corrected chi connectivity index (χ0v) is 12.7. The lowest BCUT2D eigenvalue weighted by atomic mass is 10.0. The first kappa shape index (κ1) is 14.9. The van der Waals surface area contributed by atoms with Crippen molar-refractivity contribution in [3.63, 3.8) is 0 Å². The fourth-order valence-electron chi connectivity index (χ4n) is 2.43. The molecule has 1 heterocycles. The number of fused-ring (bicyclic) bond motifs is 1. The summed E-state index contributed by atoms with van der Waals surface area (Å²) in [6.07, 6.45) is 0.743. The van der Waals surface area contributed by atoms with Gasteiger partial charge in [0.15, 0.2) is 0 Å². The number of rotatable bonds is 4. The van der Waals surface area contributed by atoms with Gasteiger partial charge < -0.3 is 10.1 Å². The fourth-order valence-corrected chi connectivity index (χ4v) is 3.18. The minimum absolute atomic E-state index is 0.0429. The largest absolute Gasteiger partial charge is 0.493 e. The zero-order chi connectivity index (χ0) is 15.4. The molecule has 22 heavy (non-hydrogen) atoms. The number of nitrogens with one attached hydrogen (secondary N) is 1. The second kappa shape index (κ2) is 6.83. The van der Waals surface area contributed by atoms with Crippen LogP contribution in [0.2, 0.25) is 0 Å². The Morgan fingerprint density at radius 2 is 2.00 bits per heavy atom. The third-order valence-electron chi connectivity index (χ3n) is 3.49. The summed E-state index contributed by atoms with van der Waals surface area (Å²) in [5.74, 6) is 0.618. The van der Waals surface area contributed by atoms with Crippen LogP contribution in [0.5, 0.6) is 5.75 Å². The molecule has 2 aromatic carbocycles. The summed E-state index contributed by atoms with van der Waals surface area (Å²) in [6.45, 7) is 0.586. The van der Waals surface area contributed by atoms with Gasteiger partial charge in [-0.05, 0) is 18.2 Å². The molecule has 0 fully saturated rings. The van der Waals surface area contributed by atoms with E-state index in [0.717, 1.165) is 17.7 Å². The van der Waals surface area contributed by atoms with Gasteiger partial charge in [0.1, 0.15) is 11.6 Å². The monoisotopic (exact) mass is 317 g/mol. The van der Waals surface area contributed by atoms with Crippen molar-refractivity contribution in [3.05, 3.63) is 59.9 Å². The van der Waals surface area contributed by atoms with Crippen molar-refractivity contribution in [3.8, 4) is 5.75 Å². The number of carbonyl (C=O) groups excluding carboxylic acids is 1. The Labute approximate surface area is 132 Å². The Bertz CT molecular complexity index is 677. The number of amides is 1. The Morgan fingerprint density at radius 3 is 2.86 bits per heavy atom. The first-order valence-electron chi connectivity index (χ1n) is 7.12. The van der Waals surface area contributed by atoms with Gasteiger partial charge in [-0.2, -0.15) is 0 Å². The van der Waals surface area contributed by atoms with Crippen molar-refractivity contribution in [1.82, 2.24) is 5.32 Å². The van der Waals surface area contributed by atoms with Gasteiger partial charge in [0.2, 0.25) is 5.91 Å². The van der Waals surface area contributed by atoms with Crippen LogP contribution in [-0.4, -0.2) is 18.3 Å². The fraction of sp³-hybridized carbons (Fsp3) is 0.235. The predicted octanol–water partition coefficient (Wildman–Crippen LogP) is 3.56. The van der Waals surface area contributed by atoms with E-state index in [4.69, 9.17) is 4.74 Å². The van der Waals surface area contributed by atoms with E-state index in [1.54, 1.807) is 18.2 Å². The molecule has 114 valence electrons. The summed E-state index contributed by atoms with van der Waals surface area (Å²) < 4.78 is 19.1. The molecule has 1 N–H and O–H groups in total.